The molecular weight excluding hydrogens is 221 g/mol. The molecule has 0 saturated heterocycles. The maximum absolute atomic E-state index is 13.0. The van der Waals surface area contributed by atoms with Crippen LogP contribution in [0.4, 0.5) is 4.39 Å². The fourth-order valence-corrected chi connectivity index (χ4v) is 3.22. The Labute approximate surface area is 101 Å². The molecule has 1 aliphatic rings. The minimum Gasteiger partial charge on any atom is -0.316 e. The standard InChI is InChI=1S/C13H18FNS/c1-15-13(10-4-2-5-10)9-16-12-7-3-6-11(14)8-12/h3,6-8,10,13,15H,2,4-5,9H2,1H3. The maximum Gasteiger partial charge on any atom is 0.124 e. The van der Waals surface area contributed by atoms with E-state index in [1.165, 1.54) is 25.3 Å². The average Bonchev–Trinajstić information content (AvgIpc) is 2.21. The van der Waals surface area contributed by atoms with E-state index < -0.39 is 0 Å². The van der Waals surface area contributed by atoms with Gasteiger partial charge in [0.1, 0.15) is 5.82 Å². The SMILES string of the molecule is CNC(CSc1cccc(F)c1)C1CCC1. The van der Waals surface area contributed by atoms with Crippen molar-refractivity contribution >= 4 is 11.8 Å². The van der Waals surface area contributed by atoms with E-state index in [0.717, 1.165) is 16.6 Å². The van der Waals surface area contributed by atoms with Gasteiger partial charge in [0, 0.05) is 16.7 Å². The summed E-state index contributed by atoms with van der Waals surface area (Å²) in [7, 11) is 2.02. The molecule has 1 atom stereocenters. The molecule has 0 aromatic heterocycles. The van der Waals surface area contributed by atoms with Crippen molar-refractivity contribution in [3.8, 4) is 0 Å². The van der Waals surface area contributed by atoms with Gasteiger partial charge < -0.3 is 5.32 Å². The first-order valence-corrected chi connectivity index (χ1v) is 6.84. The van der Waals surface area contributed by atoms with Crippen molar-refractivity contribution in [2.75, 3.05) is 12.8 Å². The van der Waals surface area contributed by atoms with Crippen molar-refractivity contribution in [3.63, 3.8) is 0 Å². The van der Waals surface area contributed by atoms with E-state index in [4.69, 9.17) is 0 Å². The Balaban J connectivity index is 1.85. The van der Waals surface area contributed by atoms with Gasteiger partial charge in [-0.2, -0.15) is 0 Å². The van der Waals surface area contributed by atoms with Crippen molar-refractivity contribution in [2.24, 2.45) is 5.92 Å². The van der Waals surface area contributed by atoms with E-state index in [-0.39, 0.29) is 5.82 Å². The first-order chi connectivity index (χ1) is 7.79. The predicted octanol–water partition coefficient (Wildman–Crippen LogP) is 3.31. The van der Waals surface area contributed by atoms with Crippen LogP contribution < -0.4 is 5.32 Å². The van der Waals surface area contributed by atoms with Crippen LogP contribution in [0.5, 0.6) is 0 Å². The highest BCUT2D eigenvalue weighted by Gasteiger charge is 2.25. The Morgan fingerprint density at radius 1 is 1.50 bits per heavy atom. The van der Waals surface area contributed by atoms with Gasteiger partial charge in [0.15, 0.2) is 0 Å². The molecule has 88 valence electrons. The summed E-state index contributed by atoms with van der Waals surface area (Å²) in [6.45, 7) is 0. The highest BCUT2D eigenvalue weighted by molar-refractivity contribution is 7.99. The van der Waals surface area contributed by atoms with Gasteiger partial charge in [0.25, 0.3) is 0 Å². The molecule has 1 saturated carbocycles. The zero-order valence-electron chi connectivity index (χ0n) is 9.58. The molecule has 1 nitrogen and oxygen atoms in total. The minimum absolute atomic E-state index is 0.144. The molecule has 0 spiro atoms. The lowest BCUT2D eigenvalue weighted by Gasteiger charge is -2.33. The minimum atomic E-state index is -0.144. The van der Waals surface area contributed by atoms with Crippen molar-refractivity contribution in [1.29, 1.82) is 0 Å². The Morgan fingerprint density at radius 2 is 2.31 bits per heavy atom. The Bertz CT molecular complexity index is 338. The van der Waals surface area contributed by atoms with Crippen LogP contribution in [0.15, 0.2) is 29.2 Å². The number of rotatable bonds is 5. The first kappa shape index (κ1) is 11.9. The van der Waals surface area contributed by atoms with Gasteiger partial charge in [-0.1, -0.05) is 12.5 Å². The van der Waals surface area contributed by atoms with Crippen LogP contribution in [0.2, 0.25) is 0 Å². The van der Waals surface area contributed by atoms with E-state index >= 15 is 0 Å². The fourth-order valence-electron chi connectivity index (χ4n) is 2.04. The summed E-state index contributed by atoms with van der Waals surface area (Å²) in [6, 6.07) is 7.42. The number of hydrogen-bond acceptors (Lipinski definition) is 2. The van der Waals surface area contributed by atoms with Gasteiger partial charge in [0.2, 0.25) is 0 Å². The lowest BCUT2D eigenvalue weighted by atomic mass is 9.80. The number of halogens is 1. The molecule has 1 aliphatic carbocycles. The van der Waals surface area contributed by atoms with Gasteiger partial charge in [0.05, 0.1) is 0 Å². The highest BCUT2D eigenvalue weighted by atomic mass is 32.2. The average molecular weight is 239 g/mol. The summed E-state index contributed by atoms with van der Waals surface area (Å²) >= 11 is 1.74. The number of hydrogen-bond donors (Lipinski definition) is 1. The van der Waals surface area contributed by atoms with Gasteiger partial charge in [-0.05, 0) is 44.0 Å². The lowest BCUT2D eigenvalue weighted by Crippen LogP contribution is -2.39. The van der Waals surface area contributed by atoms with Gasteiger partial charge >= 0.3 is 0 Å². The van der Waals surface area contributed by atoms with Crippen LogP contribution in [0.25, 0.3) is 0 Å². The molecule has 3 heteroatoms. The second-order valence-electron chi connectivity index (χ2n) is 4.35. The molecule has 0 bridgehead atoms. The summed E-state index contributed by atoms with van der Waals surface area (Å²) in [5.74, 6) is 1.71. The second-order valence-corrected chi connectivity index (χ2v) is 5.45. The topological polar surface area (TPSA) is 12.0 Å². The van der Waals surface area contributed by atoms with E-state index in [1.54, 1.807) is 23.9 Å². The molecule has 0 heterocycles. The van der Waals surface area contributed by atoms with Crippen LogP contribution in [0.3, 0.4) is 0 Å². The summed E-state index contributed by atoms with van der Waals surface area (Å²) < 4.78 is 13.0. The van der Waals surface area contributed by atoms with Crippen LogP contribution in [-0.2, 0) is 0 Å². The van der Waals surface area contributed by atoms with Crippen molar-refractivity contribution in [3.05, 3.63) is 30.1 Å². The zero-order chi connectivity index (χ0) is 11.4. The molecule has 0 aliphatic heterocycles. The van der Waals surface area contributed by atoms with Crippen LogP contribution in [0.1, 0.15) is 19.3 Å². The molecule has 1 unspecified atom stereocenters. The van der Waals surface area contributed by atoms with E-state index in [1.807, 2.05) is 13.1 Å². The largest absolute Gasteiger partial charge is 0.316 e. The van der Waals surface area contributed by atoms with E-state index in [9.17, 15) is 4.39 Å². The third kappa shape index (κ3) is 2.98. The monoisotopic (exact) mass is 239 g/mol. The van der Waals surface area contributed by atoms with Crippen molar-refractivity contribution in [2.45, 2.75) is 30.2 Å². The zero-order valence-corrected chi connectivity index (χ0v) is 10.4. The van der Waals surface area contributed by atoms with Gasteiger partial charge in [-0.25, -0.2) is 4.39 Å². The van der Waals surface area contributed by atoms with Crippen LogP contribution in [-0.4, -0.2) is 18.8 Å². The smallest absolute Gasteiger partial charge is 0.124 e. The Morgan fingerprint density at radius 3 is 2.88 bits per heavy atom. The molecule has 1 aromatic rings. The van der Waals surface area contributed by atoms with Gasteiger partial charge in [-0.3, -0.25) is 0 Å². The highest BCUT2D eigenvalue weighted by Crippen LogP contribution is 2.32. The van der Waals surface area contributed by atoms with Gasteiger partial charge in [-0.15, -0.1) is 11.8 Å². The predicted molar refractivity (Wildman–Crippen MR) is 67.3 cm³/mol. The molecule has 1 N–H and O–H groups in total. The summed E-state index contributed by atoms with van der Waals surface area (Å²) in [5.41, 5.74) is 0. The van der Waals surface area contributed by atoms with Crippen molar-refractivity contribution in [1.82, 2.24) is 5.32 Å². The molecular formula is C13H18FNS. The summed E-state index contributed by atoms with van der Waals surface area (Å²) in [6.07, 6.45) is 4.05. The van der Waals surface area contributed by atoms with Crippen LogP contribution in [0, 0.1) is 11.7 Å². The van der Waals surface area contributed by atoms with Crippen LogP contribution >= 0.6 is 11.8 Å². The fraction of sp³-hybridized carbons (Fsp3) is 0.538. The Kier molecular flexibility index (Phi) is 4.24. The summed E-state index contributed by atoms with van der Waals surface area (Å²) in [5, 5.41) is 3.37. The third-order valence-corrected chi connectivity index (χ3v) is 4.43. The second kappa shape index (κ2) is 5.69. The van der Waals surface area contributed by atoms with E-state index in [0.29, 0.717) is 6.04 Å². The molecule has 1 aromatic carbocycles. The molecule has 2 rings (SSSR count). The number of thioether (sulfide) groups is 1. The molecule has 16 heavy (non-hydrogen) atoms. The molecule has 0 amide bonds. The maximum atomic E-state index is 13.0. The Hall–Kier alpha value is -0.540. The number of nitrogens with one attached hydrogen (secondary N) is 1. The first-order valence-electron chi connectivity index (χ1n) is 5.85. The lowest BCUT2D eigenvalue weighted by molar-refractivity contribution is 0.252. The molecule has 0 radical (unpaired) electrons. The number of benzene rings is 1. The third-order valence-electron chi connectivity index (χ3n) is 3.32. The quantitative estimate of drug-likeness (QED) is 0.791. The van der Waals surface area contributed by atoms with Crippen molar-refractivity contribution < 1.29 is 4.39 Å². The normalized spacial score (nSPS) is 18.1. The summed E-state index contributed by atoms with van der Waals surface area (Å²) in [4.78, 5) is 1.03. The van der Waals surface area contributed by atoms with E-state index in [2.05, 4.69) is 5.32 Å². The molecule has 1 fully saturated rings.